The number of primary amides is 1. The summed E-state index contributed by atoms with van der Waals surface area (Å²) < 4.78 is 10.3. The molecule has 0 radical (unpaired) electrons. The van der Waals surface area contributed by atoms with Gasteiger partial charge in [0.25, 0.3) is 5.91 Å². The zero-order valence-corrected chi connectivity index (χ0v) is 13.8. The van der Waals surface area contributed by atoms with E-state index >= 15 is 0 Å². The maximum atomic E-state index is 10.7. The summed E-state index contributed by atoms with van der Waals surface area (Å²) in [6.45, 7) is 4.69. The average Bonchev–Trinajstić information content (AvgIpc) is 2.55. The third-order valence-corrected chi connectivity index (χ3v) is 2.86. The lowest BCUT2D eigenvalue weighted by molar-refractivity contribution is -0.119. The summed E-state index contributed by atoms with van der Waals surface area (Å²) in [5.41, 5.74) is 6.05. The lowest BCUT2D eigenvalue weighted by Gasteiger charge is -2.11. The number of ether oxygens (including phenoxy) is 2. The number of aliphatic imine (C=N–C) groups is 1. The highest BCUT2D eigenvalue weighted by Crippen LogP contribution is 2.13. The summed E-state index contributed by atoms with van der Waals surface area (Å²) in [5.74, 6) is 0.865. The van der Waals surface area contributed by atoms with Crippen LogP contribution in [-0.2, 0) is 16.1 Å². The van der Waals surface area contributed by atoms with Crippen molar-refractivity contribution < 1.29 is 14.3 Å². The summed E-state index contributed by atoms with van der Waals surface area (Å²) in [6, 6.07) is 7.44. The molecule has 0 aliphatic carbocycles. The van der Waals surface area contributed by atoms with Crippen LogP contribution in [0.5, 0.6) is 5.75 Å². The Bertz CT molecular complexity index is 506. The standard InChI is InChI=1S/C16H26N4O3/c1-3-18-16(19-8-5-9-22-2)20-11-13-6-4-7-14(10-13)23-12-15(17)21/h4,6-7,10H,3,5,8-9,11-12H2,1-2H3,(H2,17,21)(H2,18,19,20). The molecule has 1 amide bonds. The van der Waals surface area contributed by atoms with E-state index in [-0.39, 0.29) is 6.61 Å². The second-order valence-corrected chi connectivity index (χ2v) is 4.87. The summed E-state index contributed by atoms with van der Waals surface area (Å²) in [6.07, 6.45) is 0.914. The van der Waals surface area contributed by atoms with Crippen LogP contribution in [0.2, 0.25) is 0 Å². The van der Waals surface area contributed by atoms with E-state index in [2.05, 4.69) is 15.6 Å². The average molecular weight is 322 g/mol. The molecule has 1 aromatic rings. The number of hydrogen-bond donors (Lipinski definition) is 3. The van der Waals surface area contributed by atoms with Crippen LogP contribution in [0.15, 0.2) is 29.3 Å². The first-order valence-corrected chi connectivity index (χ1v) is 7.67. The van der Waals surface area contributed by atoms with Gasteiger partial charge in [-0.25, -0.2) is 4.99 Å². The van der Waals surface area contributed by atoms with Gasteiger partial charge in [-0.05, 0) is 31.0 Å². The van der Waals surface area contributed by atoms with Gasteiger partial charge in [0, 0.05) is 26.8 Å². The molecule has 128 valence electrons. The number of guanidine groups is 1. The Kier molecular flexibility index (Phi) is 9.23. The van der Waals surface area contributed by atoms with E-state index in [1.807, 2.05) is 25.1 Å². The molecule has 0 bridgehead atoms. The highest BCUT2D eigenvalue weighted by molar-refractivity contribution is 5.79. The number of nitrogens with two attached hydrogens (primary N) is 1. The van der Waals surface area contributed by atoms with Crippen LogP contribution in [0.25, 0.3) is 0 Å². The summed E-state index contributed by atoms with van der Waals surface area (Å²) >= 11 is 0. The molecule has 0 spiro atoms. The Morgan fingerprint density at radius 1 is 1.35 bits per heavy atom. The molecule has 7 heteroatoms. The van der Waals surface area contributed by atoms with Crippen molar-refractivity contribution in [3.63, 3.8) is 0 Å². The van der Waals surface area contributed by atoms with Crippen LogP contribution >= 0.6 is 0 Å². The van der Waals surface area contributed by atoms with E-state index < -0.39 is 5.91 Å². The highest BCUT2D eigenvalue weighted by atomic mass is 16.5. The molecule has 0 saturated carbocycles. The van der Waals surface area contributed by atoms with Gasteiger partial charge in [-0.3, -0.25) is 4.79 Å². The Morgan fingerprint density at radius 2 is 2.17 bits per heavy atom. The minimum absolute atomic E-state index is 0.129. The fraction of sp³-hybridized carbons (Fsp3) is 0.500. The van der Waals surface area contributed by atoms with Crippen LogP contribution in [0.1, 0.15) is 18.9 Å². The van der Waals surface area contributed by atoms with E-state index in [1.165, 1.54) is 0 Å². The molecular formula is C16H26N4O3. The number of nitrogens with zero attached hydrogens (tertiary/aromatic N) is 1. The zero-order chi connectivity index (χ0) is 16.9. The number of methoxy groups -OCH3 is 1. The number of nitrogens with one attached hydrogen (secondary N) is 2. The van der Waals surface area contributed by atoms with Crippen molar-refractivity contribution in [2.24, 2.45) is 10.7 Å². The first-order chi connectivity index (χ1) is 11.2. The maximum absolute atomic E-state index is 10.7. The molecule has 23 heavy (non-hydrogen) atoms. The minimum atomic E-state index is -0.497. The summed E-state index contributed by atoms with van der Waals surface area (Å²) in [5, 5.41) is 6.44. The minimum Gasteiger partial charge on any atom is -0.484 e. The quantitative estimate of drug-likeness (QED) is 0.334. The largest absolute Gasteiger partial charge is 0.484 e. The Morgan fingerprint density at radius 3 is 2.87 bits per heavy atom. The van der Waals surface area contributed by atoms with E-state index in [0.29, 0.717) is 18.9 Å². The molecule has 7 nitrogen and oxygen atoms in total. The van der Waals surface area contributed by atoms with Gasteiger partial charge in [0.05, 0.1) is 6.54 Å². The van der Waals surface area contributed by atoms with Gasteiger partial charge in [0.1, 0.15) is 5.75 Å². The summed E-state index contributed by atoms with van der Waals surface area (Å²) in [4.78, 5) is 15.3. The molecule has 0 saturated heterocycles. The summed E-state index contributed by atoms with van der Waals surface area (Å²) in [7, 11) is 1.69. The van der Waals surface area contributed by atoms with Gasteiger partial charge in [0.2, 0.25) is 0 Å². The molecule has 0 atom stereocenters. The normalized spacial score (nSPS) is 11.1. The number of carbonyl (C=O) groups is 1. The number of hydrogen-bond acceptors (Lipinski definition) is 4. The maximum Gasteiger partial charge on any atom is 0.255 e. The van der Waals surface area contributed by atoms with Crippen molar-refractivity contribution in [2.75, 3.05) is 33.4 Å². The van der Waals surface area contributed by atoms with Crippen molar-refractivity contribution in [3.05, 3.63) is 29.8 Å². The molecule has 1 rings (SSSR count). The molecule has 0 heterocycles. The first-order valence-electron chi connectivity index (χ1n) is 7.67. The van der Waals surface area contributed by atoms with Crippen LogP contribution in [0.3, 0.4) is 0 Å². The van der Waals surface area contributed by atoms with E-state index in [4.69, 9.17) is 15.2 Å². The SMILES string of the molecule is CCNC(=NCc1cccc(OCC(N)=O)c1)NCCCOC. The fourth-order valence-corrected chi connectivity index (χ4v) is 1.82. The number of amides is 1. The van der Waals surface area contributed by atoms with Crippen molar-refractivity contribution in [2.45, 2.75) is 19.9 Å². The van der Waals surface area contributed by atoms with Gasteiger partial charge in [-0.15, -0.1) is 0 Å². The third-order valence-electron chi connectivity index (χ3n) is 2.86. The highest BCUT2D eigenvalue weighted by Gasteiger charge is 2.01. The third kappa shape index (κ3) is 8.67. The first kappa shape index (κ1) is 18.8. The van der Waals surface area contributed by atoms with Gasteiger partial charge in [-0.2, -0.15) is 0 Å². The van der Waals surface area contributed by atoms with Crippen molar-refractivity contribution in [3.8, 4) is 5.75 Å². The van der Waals surface area contributed by atoms with Crippen molar-refractivity contribution in [1.29, 1.82) is 0 Å². The van der Waals surface area contributed by atoms with E-state index in [0.717, 1.165) is 31.0 Å². The molecular weight excluding hydrogens is 296 g/mol. The van der Waals surface area contributed by atoms with Crippen LogP contribution in [-0.4, -0.2) is 45.3 Å². The van der Waals surface area contributed by atoms with Gasteiger partial charge in [0.15, 0.2) is 12.6 Å². The lowest BCUT2D eigenvalue weighted by Crippen LogP contribution is -2.38. The molecule has 0 aliphatic rings. The molecule has 0 fully saturated rings. The van der Waals surface area contributed by atoms with Gasteiger partial charge >= 0.3 is 0 Å². The molecule has 1 aromatic carbocycles. The Labute approximate surface area is 137 Å². The number of benzene rings is 1. The monoisotopic (exact) mass is 322 g/mol. The second kappa shape index (κ2) is 11.3. The van der Waals surface area contributed by atoms with Crippen LogP contribution in [0, 0.1) is 0 Å². The van der Waals surface area contributed by atoms with Gasteiger partial charge in [-0.1, -0.05) is 12.1 Å². The number of rotatable bonds is 10. The second-order valence-electron chi connectivity index (χ2n) is 4.87. The van der Waals surface area contributed by atoms with Gasteiger partial charge < -0.3 is 25.8 Å². The van der Waals surface area contributed by atoms with E-state index in [1.54, 1.807) is 13.2 Å². The predicted octanol–water partition coefficient (Wildman–Crippen LogP) is 0.642. The van der Waals surface area contributed by atoms with E-state index in [9.17, 15) is 4.79 Å². The fourth-order valence-electron chi connectivity index (χ4n) is 1.82. The molecule has 0 unspecified atom stereocenters. The van der Waals surface area contributed by atoms with Crippen LogP contribution in [0.4, 0.5) is 0 Å². The Hall–Kier alpha value is -2.28. The molecule has 0 aliphatic heterocycles. The zero-order valence-electron chi connectivity index (χ0n) is 13.8. The van der Waals surface area contributed by atoms with Crippen molar-refractivity contribution in [1.82, 2.24) is 10.6 Å². The molecule has 4 N–H and O–H groups in total. The Balaban J connectivity index is 2.56. The lowest BCUT2D eigenvalue weighted by atomic mass is 10.2. The number of carbonyl (C=O) groups excluding carboxylic acids is 1. The topological polar surface area (TPSA) is 98.0 Å². The smallest absolute Gasteiger partial charge is 0.255 e. The van der Waals surface area contributed by atoms with Crippen LogP contribution < -0.4 is 21.1 Å². The molecule has 0 aromatic heterocycles. The predicted molar refractivity (Wildman–Crippen MR) is 90.4 cm³/mol. The van der Waals surface area contributed by atoms with Crippen molar-refractivity contribution >= 4 is 11.9 Å².